The molecule has 0 spiro atoms. The Labute approximate surface area is 80.3 Å². The first-order chi connectivity index (χ1) is 6.61. The Balaban J connectivity index is 3.40. The molecule has 0 fully saturated rings. The van der Waals surface area contributed by atoms with Crippen molar-refractivity contribution >= 4 is 5.97 Å². The second kappa shape index (κ2) is 3.95. The van der Waals surface area contributed by atoms with E-state index in [0.717, 1.165) is 7.11 Å². The average molecular weight is 197 g/mol. The highest BCUT2D eigenvalue weighted by molar-refractivity contribution is 5.92. The van der Waals surface area contributed by atoms with Crippen molar-refractivity contribution in [2.24, 2.45) is 0 Å². The fourth-order valence-corrected chi connectivity index (χ4v) is 1.12. The molecule has 0 aromatic carbocycles. The van der Waals surface area contributed by atoms with Crippen molar-refractivity contribution in [3.63, 3.8) is 0 Å². The van der Waals surface area contributed by atoms with Crippen LogP contribution in [0.25, 0.3) is 0 Å². The minimum Gasteiger partial charge on any atom is -0.506 e. The van der Waals surface area contributed by atoms with Gasteiger partial charge in [-0.15, -0.1) is 0 Å². The lowest BCUT2D eigenvalue weighted by atomic mass is 10.1. The van der Waals surface area contributed by atoms with Crippen LogP contribution < -0.4 is 5.56 Å². The number of carbonyl (C=O) groups is 1. The molecule has 1 aromatic heterocycles. The van der Waals surface area contributed by atoms with Crippen LogP contribution in [0.4, 0.5) is 0 Å². The van der Waals surface area contributed by atoms with Crippen LogP contribution in [0.5, 0.6) is 5.75 Å². The standard InChI is InChI=1S/C9H11NO4/c1-3-5-4-10-8(12)6(7(5)11)9(13)14-2/h4H,3H2,1-2H3,(H2,10,11,12). The number of methoxy groups -OCH3 is 1. The van der Waals surface area contributed by atoms with E-state index in [4.69, 9.17) is 0 Å². The summed E-state index contributed by atoms with van der Waals surface area (Å²) in [5, 5.41) is 9.55. The molecular formula is C9H11NO4. The van der Waals surface area contributed by atoms with Crippen LogP contribution in [0, 0.1) is 0 Å². The van der Waals surface area contributed by atoms with Gasteiger partial charge in [-0.3, -0.25) is 4.79 Å². The lowest BCUT2D eigenvalue weighted by molar-refractivity contribution is 0.0595. The van der Waals surface area contributed by atoms with Crippen molar-refractivity contribution in [1.82, 2.24) is 4.98 Å². The Bertz CT molecular complexity index is 408. The average Bonchev–Trinajstić information content (AvgIpc) is 2.18. The summed E-state index contributed by atoms with van der Waals surface area (Å²) in [7, 11) is 1.15. The zero-order chi connectivity index (χ0) is 10.7. The Kier molecular flexibility index (Phi) is 2.91. The van der Waals surface area contributed by atoms with E-state index in [1.54, 1.807) is 6.92 Å². The van der Waals surface area contributed by atoms with Gasteiger partial charge in [0.25, 0.3) is 5.56 Å². The van der Waals surface area contributed by atoms with E-state index in [9.17, 15) is 14.7 Å². The molecule has 0 aliphatic rings. The van der Waals surface area contributed by atoms with E-state index in [1.807, 2.05) is 0 Å². The van der Waals surface area contributed by atoms with Gasteiger partial charge in [-0.25, -0.2) is 4.79 Å². The summed E-state index contributed by atoms with van der Waals surface area (Å²) < 4.78 is 4.38. The maximum absolute atomic E-state index is 11.2. The van der Waals surface area contributed by atoms with Crippen LogP contribution in [0.2, 0.25) is 0 Å². The van der Waals surface area contributed by atoms with Crippen molar-refractivity contribution < 1.29 is 14.6 Å². The van der Waals surface area contributed by atoms with Crippen molar-refractivity contribution in [2.75, 3.05) is 7.11 Å². The summed E-state index contributed by atoms with van der Waals surface area (Å²) in [6.45, 7) is 1.80. The van der Waals surface area contributed by atoms with Crippen LogP contribution in [0.1, 0.15) is 22.8 Å². The minimum absolute atomic E-state index is 0.303. The maximum Gasteiger partial charge on any atom is 0.347 e. The second-order valence-corrected chi connectivity index (χ2v) is 2.71. The Hall–Kier alpha value is -1.78. The number of ether oxygens (including phenoxy) is 1. The van der Waals surface area contributed by atoms with Crippen molar-refractivity contribution in [1.29, 1.82) is 0 Å². The molecule has 0 radical (unpaired) electrons. The molecule has 0 amide bonds. The summed E-state index contributed by atoms with van der Waals surface area (Å²) in [6, 6.07) is 0. The quantitative estimate of drug-likeness (QED) is 0.674. The highest BCUT2D eigenvalue weighted by Crippen LogP contribution is 2.19. The summed E-state index contributed by atoms with van der Waals surface area (Å²) >= 11 is 0. The van der Waals surface area contributed by atoms with E-state index in [0.29, 0.717) is 12.0 Å². The molecule has 0 aliphatic heterocycles. The lowest BCUT2D eigenvalue weighted by Gasteiger charge is -2.04. The first kappa shape index (κ1) is 10.3. The molecule has 2 N–H and O–H groups in total. The van der Waals surface area contributed by atoms with Gasteiger partial charge in [-0.2, -0.15) is 0 Å². The monoisotopic (exact) mass is 197 g/mol. The lowest BCUT2D eigenvalue weighted by Crippen LogP contribution is -2.19. The van der Waals surface area contributed by atoms with Gasteiger partial charge >= 0.3 is 5.97 Å². The number of aromatic nitrogens is 1. The Morgan fingerprint density at radius 3 is 2.79 bits per heavy atom. The van der Waals surface area contributed by atoms with Crippen molar-refractivity contribution in [3.8, 4) is 5.75 Å². The number of H-pyrrole nitrogens is 1. The van der Waals surface area contributed by atoms with Crippen LogP contribution >= 0.6 is 0 Å². The Morgan fingerprint density at radius 2 is 2.29 bits per heavy atom. The molecule has 0 bridgehead atoms. The number of hydrogen-bond acceptors (Lipinski definition) is 4. The molecule has 76 valence electrons. The normalized spacial score (nSPS) is 9.86. The third kappa shape index (κ3) is 1.61. The van der Waals surface area contributed by atoms with Gasteiger partial charge in [0.1, 0.15) is 5.75 Å². The molecule has 1 aromatic rings. The topological polar surface area (TPSA) is 79.4 Å². The SMILES string of the molecule is CCc1c[nH]c(=O)c(C(=O)OC)c1O. The van der Waals surface area contributed by atoms with Gasteiger partial charge < -0.3 is 14.8 Å². The van der Waals surface area contributed by atoms with E-state index < -0.39 is 11.5 Å². The largest absolute Gasteiger partial charge is 0.506 e. The predicted molar refractivity (Wildman–Crippen MR) is 49.4 cm³/mol. The van der Waals surface area contributed by atoms with E-state index in [-0.39, 0.29) is 11.3 Å². The van der Waals surface area contributed by atoms with Gasteiger partial charge in [-0.1, -0.05) is 6.92 Å². The molecule has 0 aliphatic carbocycles. The number of nitrogens with one attached hydrogen (secondary N) is 1. The van der Waals surface area contributed by atoms with E-state index in [1.165, 1.54) is 6.20 Å². The number of aryl methyl sites for hydroxylation is 1. The molecule has 1 rings (SSSR count). The smallest absolute Gasteiger partial charge is 0.347 e. The summed E-state index contributed by atoms with van der Waals surface area (Å²) in [5.74, 6) is -1.14. The first-order valence-corrected chi connectivity index (χ1v) is 4.13. The molecule has 0 unspecified atom stereocenters. The van der Waals surface area contributed by atoms with E-state index >= 15 is 0 Å². The number of hydrogen-bond donors (Lipinski definition) is 2. The number of carbonyl (C=O) groups excluding carboxylic acids is 1. The van der Waals surface area contributed by atoms with Gasteiger partial charge in [0.15, 0.2) is 5.56 Å². The van der Waals surface area contributed by atoms with Crippen LogP contribution in [0.15, 0.2) is 11.0 Å². The molecule has 5 nitrogen and oxygen atoms in total. The van der Waals surface area contributed by atoms with Gasteiger partial charge in [0, 0.05) is 11.8 Å². The highest BCUT2D eigenvalue weighted by Gasteiger charge is 2.18. The number of pyridine rings is 1. The first-order valence-electron chi connectivity index (χ1n) is 4.13. The van der Waals surface area contributed by atoms with Crippen LogP contribution in [-0.4, -0.2) is 23.2 Å². The molecule has 0 saturated heterocycles. The summed E-state index contributed by atoms with van der Waals surface area (Å²) in [6.07, 6.45) is 1.90. The molecule has 5 heteroatoms. The van der Waals surface area contributed by atoms with Gasteiger partial charge in [0.05, 0.1) is 7.11 Å². The maximum atomic E-state index is 11.2. The van der Waals surface area contributed by atoms with Gasteiger partial charge in [-0.05, 0) is 6.42 Å². The fraction of sp³-hybridized carbons (Fsp3) is 0.333. The summed E-state index contributed by atoms with van der Waals surface area (Å²) in [4.78, 5) is 24.7. The molecule has 0 saturated carbocycles. The zero-order valence-electron chi connectivity index (χ0n) is 7.96. The molecular weight excluding hydrogens is 186 g/mol. The second-order valence-electron chi connectivity index (χ2n) is 2.71. The number of aromatic hydroxyl groups is 1. The van der Waals surface area contributed by atoms with Crippen LogP contribution in [-0.2, 0) is 11.2 Å². The fourth-order valence-electron chi connectivity index (χ4n) is 1.12. The van der Waals surface area contributed by atoms with E-state index in [2.05, 4.69) is 9.72 Å². The highest BCUT2D eigenvalue weighted by atomic mass is 16.5. The number of rotatable bonds is 2. The minimum atomic E-state index is -0.834. The summed E-state index contributed by atoms with van der Waals surface area (Å²) in [5.41, 5.74) is -0.483. The third-order valence-electron chi connectivity index (χ3n) is 1.92. The van der Waals surface area contributed by atoms with Crippen molar-refractivity contribution in [3.05, 3.63) is 27.7 Å². The molecule has 14 heavy (non-hydrogen) atoms. The van der Waals surface area contributed by atoms with Crippen molar-refractivity contribution in [2.45, 2.75) is 13.3 Å². The Morgan fingerprint density at radius 1 is 1.64 bits per heavy atom. The molecule has 1 heterocycles. The van der Waals surface area contributed by atoms with Crippen LogP contribution in [0.3, 0.4) is 0 Å². The predicted octanol–water partition coefficient (Wildman–Crippen LogP) is 0.429. The van der Waals surface area contributed by atoms with Gasteiger partial charge in [0.2, 0.25) is 0 Å². The number of esters is 1. The number of aromatic amines is 1. The zero-order valence-corrected chi connectivity index (χ0v) is 7.96. The molecule has 0 atom stereocenters. The third-order valence-corrected chi connectivity index (χ3v) is 1.92.